The van der Waals surface area contributed by atoms with Gasteiger partial charge in [0.15, 0.2) is 5.82 Å². The van der Waals surface area contributed by atoms with Crippen LogP contribution in [0.3, 0.4) is 0 Å². The molecular formula is C11H11N5O2. The van der Waals surface area contributed by atoms with Crippen molar-refractivity contribution < 1.29 is 4.79 Å². The van der Waals surface area contributed by atoms with Crippen molar-refractivity contribution in [2.45, 2.75) is 0 Å². The molecule has 0 saturated carbocycles. The fraction of sp³-hybridized carbons (Fsp3) is 0.0909. The third-order valence-electron chi connectivity index (χ3n) is 2.26. The number of amides is 1. The van der Waals surface area contributed by atoms with Gasteiger partial charge in [0.25, 0.3) is 11.5 Å². The minimum Gasteiger partial charge on any atom is -0.387 e. The fourth-order valence-corrected chi connectivity index (χ4v) is 1.39. The minimum absolute atomic E-state index is 0.269. The summed E-state index contributed by atoms with van der Waals surface area (Å²) in [6.07, 6.45) is 3.04. The Morgan fingerprint density at radius 1 is 1.33 bits per heavy atom. The van der Waals surface area contributed by atoms with Crippen molar-refractivity contribution in [2.75, 3.05) is 17.7 Å². The molecule has 0 atom stereocenters. The zero-order valence-electron chi connectivity index (χ0n) is 9.60. The Labute approximate surface area is 102 Å². The molecule has 92 valence electrons. The Morgan fingerprint density at radius 3 is 2.83 bits per heavy atom. The van der Waals surface area contributed by atoms with E-state index >= 15 is 0 Å². The van der Waals surface area contributed by atoms with Gasteiger partial charge in [0.1, 0.15) is 0 Å². The van der Waals surface area contributed by atoms with Crippen LogP contribution >= 0.6 is 0 Å². The average molecular weight is 245 g/mol. The molecule has 0 aliphatic rings. The van der Waals surface area contributed by atoms with E-state index in [-0.39, 0.29) is 17.3 Å². The number of carbonyl (C=O) groups is 1. The Hall–Kier alpha value is -2.70. The molecule has 0 bridgehead atoms. The van der Waals surface area contributed by atoms with Crippen LogP contribution in [0.5, 0.6) is 0 Å². The third-order valence-corrected chi connectivity index (χ3v) is 2.26. The van der Waals surface area contributed by atoms with Gasteiger partial charge in [-0.15, -0.1) is 0 Å². The van der Waals surface area contributed by atoms with Crippen molar-refractivity contribution in [3.63, 3.8) is 0 Å². The van der Waals surface area contributed by atoms with Crippen LogP contribution in [0, 0.1) is 0 Å². The lowest BCUT2D eigenvalue weighted by molar-refractivity contribution is 0.102. The van der Waals surface area contributed by atoms with Crippen molar-refractivity contribution in [3.05, 3.63) is 46.5 Å². The summed E-state index contributed by atoms with van der Waals surface area (Å²) in [5.74, 6) is -0.0856. The fourth-order valence-electron chi connectivity index (χ4n) is 1.39. The van der Waals surface area contributed by atoms with Crippen LogP contribution in [0.15, 0.2) is 35.4 Å². The van der Waals surface area contributed by atoms with Crippen molar-refractivity contribution >= 4 is 17.4 Å². The molecule has 0 aliphatic carbocycles. The first-order valence-corrected chi connectivity index (χ1v) is 5.19. The number of carbonyl (C=O) groups excluding carboxylic acids is 1. The first kappa shape index (κ1) is 11.8. The van der Waals surface area contributed by atoms with Crippen molar-refractivity contribution in [2.24, 2.45) is 0 Å². The number of rotatable bonds is 3. The smallest absolute Gasteiger partial charge is 0.264 e. The predicted octanol–water partition coefficient (Wildman–Crippen LogP) is 0.459. The topological polar surface area (TPSA) is 99.8 Å². The van der Waals surface area contributed by atoms with Gasteiger partial charge < -0.3 is 10.6 Å². The van der Waals surface area contributed by atoms with Crippen LogP contribution < -0.4 is 16.2 Å². The van der Waals surface area contributed by atoms with Gasteiger partial charge in [-0.3, -0.25) is 14.6 Å². The Balaban J connectivity index is 2.21. The molecule has 2 rings (SSSR count). The quantitative estimate of drug-likeness (QED) is 0.729. The zero-order valence-corrected chi connectivity index (χ0v) is 9.60. The predicted molar refractivity (Wildman–Crippen MR) is 66.6 cm³/mol. The molecule has 7 nitrogen and oxygen atoms in total. The number of pyridine rings is 1. The number of aromatic nitrogens is 3. The van der Waals surface area contributed by atoms with E-state index in [2.05, 4.69) is 25.8 Å². The monoisotopic (exact) mass is 245 g/mol. The summed E-state index contributed by atoms with van der Waals surface area (Å²) in [5, 5.41) is 11.4. The lowest BCUT2D eigenvalue weighted by Gasteiger charge is -2.07. The highest BCUT2D eigenvalue weighted by Gasteiger charge is 2.11. The second-order valence-electron chi connectivity index (χ2n) is 3.43. The van der Waals surface area contributed by atoms with Crippen LogP contribution in [0.2, 0.25) is 0 Å². The molecule has 3 N–H and O–H groups in total. The highest BCUT2D eigenvalue weighted by molar-refractivity contribution is 6.07. The Bertz CT molecular complexity index is 602. The average Bonchev–Trinajstić information content (AvgIpc) is 2.41. The normalized spacial score (nSPS) is 9.83. The van der Waals surface area contributed by atoms with Gasteiger partial charge in [0.2, 0.25) is 0 Å². The zero-order chi connectivity index (χ0) is 13.0. The Morgan fingerprint density at radius 2 is 2.17 bits per heavy atom. The highest BCUT2D eigenvalue weighted by atomic mass is 16.2. The van der Waals surface area contributed by atoms with Crippen LogP contribution in [0.4, 0.5) is 11.5 Å². The number of aromatic amines is 1. The van der Waals surface area contributed by atoms with E-state index in [1.54, 1.807) is 19.3 Å². The first-order chi connectivity index (χ1) is 8.70. The van der Waals surface area contributed by atoms with E-state index in [1.165, 1.54) is 18.3 Å². The van der Waals surface area contributed by atoms with Crippen molar-refractivity contribution in [3.8, 4) is 0 Å². The maximum atomic E-state index is 12.0. The molecule has 0 aromatic carbocycles. The summed E-state index contributed by atoms with van der Waals surface area (Å²) in [6, 6.07) is 4.40. The van der Waals surface area contributed by atoms with Crippen LogP contribution in [-0.4, -0.2) is 28.1 Å². The summed E-state index contributed by atoms with van der Waals surface area (Å²) in [7, 11) is 1.71. The van der Waals surface area contributed by atoms with E-state index in [1.807, 2.05) is 0 Å². The van der Waals surface area contributed by atoms with E-state index < -0.39 is 0 Å². The van der Waals surface area contributed by atoms with Crippen LogP contribution in [0.25, 0.3) is 0 Å². The molecule has 7 heteroatoms. The lowest BCUT2D eigenvalue weighted by Crippen LogP contribution is -2.17. The maximum Gasteiger partial charge on any atom is 0.264 e. The Kier molecular flexibility index (Phi) is 3.33. The van der Waals surface area contributed by atoms with Crippen molar-refractivity contribution in [1.82, 2.24) is 15.2 Å². The van der Waals surface area contributed by atoms with Crippen LogP contribution in [0.1, 0.15) is 10.4 Å². The SMILES string of the molecule is CNc1ccncc1C(=O)Nc1ccc(=O)[nH]n1. The largest absolute Gasteiger partial charge is 0.387 e. The number of nitrogens with one attached hydrogen (secondary N) is 3. The number of anilines is 2. The molecule has 0 aliphatic heterocycles. The summed E-state index contributed by atoms with van der Waals surface area (Å²) < 4.78 is 0. The molecule has 0 radical (unpaired) electrons. The second kappa shape index (κ2) is 5.09. The summed E-state index contributed by atoms with van der Waals surface area (Å²) in [4.78, 5) is 26.7. The molecule has 2 aromatic rings. The number of hydrogen-bond donors (Lipinski definition) is 3. The summed E-state index contributed by atoms with van der Waals surface area (Å²) in [5.41, 5.74) is 0.727. The molecule has 2 heterocycles. The number of hydrogen-bond acceptors (Lipinski definition) is 5. The minimum atomic E-state index is -0.355. The van der Waals surface area contributed by atoms with E-state index in [9.17, 15) is 9.59 Å². The van der Waals surface area contributed by atoms with Crippen LogP contribution in [-0.2, 0) is 0 Å². The van der Waals surface area contributed by atoms with E-state index in [4.69, 9.17) is 0 Å². The summed E-state index contributed by atoms with van der Waals surface area (Å²) in [6.45, 7) is 0. The lowest BCUT2D eigenvalue weighted by atomic mass is 10.2. The molecule has 0 fully saturated rings. The highest BCUT2D eigenvalue weighted by Crippen LogP contribution is 2.13. The first-order valence-electron chi connectivity index (χ1n) is 5.19. The van der Waals surface area contributed by atoms with Gasteiger partial charge in [0, 0.05) is 31.2 Å². The standard InChI is InChI=1S/C11H11N5O2/c1-12-8-4-5-13-6-7(8)11(18)14-9-2-3-10(17)16-15-9/h2-6H,1H3,(H,12,13)(H,16,17)(H,14,15,18). The number of H-pyrrole nitrogens is 1. The molecule has 0 unspecified atom stereocenters. The number of nitrogens with zero attached hydrogens (tertiary/aromatic N) is 2. The van der Waals surface area contributed by atoms with Gasteiger partial charge in [0.05, 0.1) is 5.56 Å². The molecule has 2 aromatic heterocycles. The van der Waals surface area contributed by atoms with Gasteiger partial charge in [-0.2, -0.15) is 5.10 Å². The van der Waals surface area contributed by atoms with Gasteiger partial charge in [-0.05, 0) is 12.1 Å². The molecule has 1 amide bonds. The third kappa shape index (κ3) is 2.51. The molecule has 0 spiro atoms. The second-order valence-corrected chi connectivity index (χ2v) is 3.43. The molecular weight excluding hydrogens is 234 g/mol. The van der Waals surface area contributed by atoms with Crippen molar-refractivity contribution in [1.29, 1.82) is 0 Å². The molecule has 0 saturated heterocycles. The van der Waals surface area contributed by atoms with E-state index in [0.29, 0.717) is 11.3 Å². The van der Waals surface area contributed by atoms with Gasteiger partial charge in [-0.25, -0.2) is 5.10 Å². The maximum absolute atomic E-state index is 12.0. The van der Waals surface area contributed by atoms with Gasteiger partial charge in [-0.1, -0.05) is 0 Å². The van der Waals surface area contributed by atoms with E-state index in [0.717, 1.165) is 0 Å². The summed E-state index contributed by atoms with van der Waals surface area (Å²) >= 11 is 0. The van der Waals surface area contributed by atoms with Gasteiger partial charge >= 0.3 is 0 Å². The molecule has 18 heavy (non-hydrogen) atoms.